The average molecular weight is 570 g/mol. The van der Waals surface area contributed by atoms with Gasteiger partial charge in [0.15, 0.2) is 0 Å². The van der Waals surface area contributed by atoms with Crippen molar-refractivity contribution < 1.29 is 14.0 Å². The Kier molecular flexibility index (Phi) is 8.45. The minimum absolute atomic E-state index is 0.0553. The smallest absolute Gasteiger partial charge is 0.257 e. The van der Waals surface area contributed by atoms with Gasteiger partial charge in [-0.15, -0.1) is 0 Å². The van der Waals surface area contributed by atoms with E-state index in [1.165, 1.54) is 18.9 Å². The van der Waals surface area contributed by atoms with Gasteiger partial charge < -0.3 is 15.5 Å². The Morgan fingerprint density at radius 2 is 1.62 bits per heavy atom. The lowest BCUT2D eigenvalue weighted by atomic mass is 9.83. The molecule has 1 saturated carbocycles. The van der Waals surface area contributed by atoms with Crippen molar-refractivity contribution >= 4 is 23.2 Å². The molecule has 6 heteroatoms. The Morgan fingerprint density at radius 3 is 2.29 bits per heavy atom. The van der Waals surface area contributed by atoms with Gasteiger partial charge in [-0.1, -0.05) is 70.0 Å². The third kappa shape index (κ3) is 6.38. The lowest BCUT2D eigenvalue weighted by Gasteiger charge is -2.41. The first-order chi connectivity index (χ1) is 19.9. The van der Waals surface area contributed by atoms with Gasteiger partial charge in [0, 0.05) is 23.5 Å². The highest BCUT2D eigenvalue weighted by Gasteiger charge is 2.40. The van der Waals surface area contributed by atoms with Gasteiger partial charge in [0.2, 0.25) is 5.91 Å². The Hall–Kier alpha value is -3.67. The Bertz CT molecular complexity index is 1420. The number of halogens is 1. The van der Waals surface area contributed by atoms with Crippen LogP contribution in [0, 0.1) is 18.7 Å². The Balaban J connectivity index is 1.48. The largest absolute Gasteiger partial charge is 0.380 e. The monoisotopic (exact) mass is 569 g/mol. The van der Waals surface area contributed by atoms with E-state index in [1.54, 1.807) is 24.0 Å². The molecule has 3 aromatic rings. The van der Waals surface area contributed by atoms with Crippen LogP contribution < -0.4 is 10.6 Å². The first-order valence-corrected chi connectivity index (χ1v) is 15.3. The van der Waals surface area contributed by atoms with Crippen molar-refractivity contribution in [3.8, 4) is 0 Å². The van der Waals surface area contributed by atoms with Gasteiger partial charge in [0.25, 0.3) is 5.91 Å². The maximum Gasteiger partial charge on any atom is 0.257 e. The van der Waals surface area contributed by atoms with Crippen LogP contribution in [0.2, 0.25) is 0 Å². The van der Waals surface area contributed by atoms with E-state index in [1.807, 2.05) is 42.5 Å². The van der Waals surface area contributed by atoms with Crippen molar-refractivity contribution in [3.63, 3.8) is 0 Å². The molecule has 0 radical (unpaired) electrons. The fourth-order valence-corrected chi connectivity index (χ4v) is 6.65. The number of hydrogen-bond acceptors (Lipinski definition) is 3. The first-order valence-electron chi connectivity index (χ1n) is 15.3. The van der Waals surface area contributed by atoms with E-state index in [0.29, 0.717) is 24.9 Å². The number of rotatable bonds is 6. The van der Waals surface area contributed by atoms with E-state index in [0.717, 1.165) is 35.3 Å². The fraction of sp³-hybridized carbons (Fsp3) is 0.444. The van der Waals surface area contributed by atoms with Crippen LogP contribution in [0.25, 0.3) is 0 Å². The van der Waals surface area contributed by atoms with Gasteiger partial charge in [-0.3, -0.25) is 9.59 Å². The highest BCUT2D eigenvalue weighted by molar-refractivity contribution is 5.98. The molecule has 2 amide bonds. The van der Waals surface area contributed by atoms with Gasteiger partial charge >= 0.3 is 0 Å². The number of benzene rings is 3. The van der Waals surface area contributed by atoms with E-state index in [4.69, 9.17) is 0 Å². The number of anilines is 2. The average Bonchev–Trinajstić information content (AvgIpc) is 3.38. The van der Waals surface area contributed by atoms with Crippen molar-refractivity contribution in [2.24, 2.45) is 5.92 Å². The molecule has 1 aliphatic carbocycles. The van der Waals surface area contributed by atoms with E-state index < -0.39 is 17.8 Å². The summed E-state index contributed by atoms with van der Waals surface area (Å²) in [6.45, 7) is 10.9. The zero-order valence-electron chi connectivity index (χ0n) is 25.6. The molecule has 42 heavy (non-hydrogen) atoms. The molecular weight excluding hydrogens is 525 g/mol. The summed E-state index contributed by atoms with van der Waals surface area (Å²) in [4.78, 5) is 29.7. The fourth-order valence-electron chi connectivity index (χ4n) is 6.65. The molecule has 3 aromatic carbocycles. The number of nitrogens with one attached hydrogen (secondary N) is 2. The predicted molar refractivity (Wildman–Crippen MR) is 168 cm³/mol. The van der Waals surface area contributed by atoms with E-state index >= 15 is 4.39 Å². The van der Waals surface area contributed by atoms with Crippen LogP contribution >= 0.6 is 0 Å². The molecule has 2 aliphatic rings. The molecular formula is C36H44FN3O2. The minimum Gasteiger partial charge on any atom is -0.380 e. The summed E-state index contributed by atoms with van der Waals surface area (Å²) in [5, 5.41) is 6.84. The van der Waals surface area contributed by atoms with E-state index in [9.17, 15) is 9.59 Å². The highest BCUT2D eigenvalue weighted by Crippen LogP contribution is 2.40. The maximum absolute atomic E-state index is 15.0. The van der Waals surface area contributed by atoms with E-state index in [-0.39, 0.29) is 28.3 Å². The number of likely N-dealkylation sites (tertiary alicyclic amines) is 1. The SMILES string of the molecule is Cc1cccc(F)c1C(=O)N1CCC[C@H](C(=O)Nc2cccc(C(C)(C)C)c2)[C@@H]1c1ccc(NC2(C)CCCC2)cc1. The standard InChI is InChI=1S/C36H44FN3O2/c1-24-11-8-15-30(37)31(24)34(42)40-22-10-14-29(33(41)38-28-13-9-12-26(23-28)35(2,3)4)32(40)25-16-18-27(19-17-25)39-36(5)20-6-7-21-36/h8-9,11-13,15-19,23,29,32,39H,6-7,10,14,20-22H2,1-5H3,(H,38,41)/t29-,32-/m0/s1. The maximum atomic E-state index is 15.0. The molecule has 2 N–H and O–H groups in total. The van der Waals surface area contributed by atoms with Crippen molar-refractivity contribution in [2.45, 2.75) is 90.1 Å². The van der Waals surface area contributed by atoms with Gasteiger partial charge in [-0.05, 0) is 92.0 Å². The Labute approximate surface area is 249 Å². The Morgan fingerprint density at radius 1 is 0.929 bits per heavy atom. The number of aryl methyl sites for hydroxylation is 1. The summed E-state index contributed by atoms with van der Waals surface area (Å²) in [6, 6.07) is 20.3. The van der Waals surface area contributed by atoms with Crippen LogP contribution in [-0.4, -0.2) is 28.8 Å². The summed E-state index contributed by atoms with van der Waals surface area (Å²) >= 11 is 0. The first kappa shape index (κ1) is 29.8. The number of amides is 2. The second kappa shape index (κ2) is 11.9. The summed E-state index contributed by atoms with van der Waals surface area (Å²) in [6.07, 6.45) is 6.03. The molecule has 1 aliphatic heterocycles. The number of carbonyl (C=O) groups excluding carboxylic acids is 2. The van der Waals surface area contributed by atoms with Gasteiger partial charge in [-0.2, -0.15) is 0 Å². The van der Waals surface area contributed by atoms with Crippen LogP contribution in [0.3, 0.4) is 0 Å². The third-order valence-corrected chi connectivity index (χ3v) is 9.07. The van der Waals surface area contributed by atoms with Crippen molar-refractivity contribution in [3.05, 3.63) is 94.8 Å². The molecule has 222 valence electrons. The molecule has 0 unspecified atom stereocenters. The topological polar surface area (TPSA) is 61.4 Å². The number of hydrogen-bond donors (Lipinski definition) is 2. The second-order valence-electron chi connectivity index (χ2n) is 13.5. The van der Waals surface area contributed by atoms with Crippen LogP contribution in [0.5, 0.6) is 0 Å². The molecule has 0 aromatic heterocycles. The lowest BCUT2D eigenvalue weighted by molar-refractivity contribution is -0.123. The molecule has 2 fully saturated rings. The zero-order valence-corrected chi connectivity index (χ0v) is 25.6. The van der Waals surface area contributed by atoms with Crippen LogP contribution in [-0.2, 0) is 10.2 Å². The normalized spacial score (nSPS) is 20.3. The summed E-state index contributed by atoms with van der Waals surface area (Å²) in [5.74, 6) is -1.52. The van der Waals surface area contributed by atoms with Gasteiger partial charge in [0.05, 0.1) is 17.5 Å². The number of nitrogens with zero attached hydrogens (tertiary/aromatic N) is 1. The molecule has 5 rings (SSSR count). The summed E-state index contributed by atoms with van der Waals surface area (Å²) in [7, 11) is 0. The quantitative estimate of drug-likeness (QED) is 0.313. The van der Waals surface area contributed by atoms with Crippen LogP contribution in [0.1, 0.15) is 99.3 Å². The van der Waals surface area contributed by atoms with Crippen LogP contribution in [0.15, 0.2) is 66.7 Å². The minimum atomic E-state index is -0.534. The molecule has 5 nitrogen and oxygen atoms in total. The van der Waals surface area contributed by atoms with Gasteiger partial charge in [0.1, 0.15) is 5.82 Å². The number of piperidine rings is 1. The lowest BCUT2D eigenvalue weighted by Crippen LogP contribution is -2.46. The molecule has 1 heterocycles. The van der Waals surface area contributed by atoms with Gasteiger partial charge in [-0.25, -0.2) is 4.39 Å². The molecule has 0 spiro atoms. The van der Waals surface area contributed by atoms with Crippen molar-refractivity contribution in [1.82, 2.24) is 4.90 Å². The van der Waals surface area contributed by atoms with E-state index in [2.05, 4.69) is 44.4 Å². The van der Waals surface area contributed by atoms with Crippen molar-refractivity contribution in [1.29, 1.82) is 0 Å². The molecule has 1 saturated heterocycles. The molecule has 2 atom stereocenters. The number of carbonyl (C=O) groups is 2. The molecule has 0 bridgehead atoms. The zero-order chi connectivity index (χ0) is 30.1. The van der Waals surface area contributed by atoms with Crippen LogP contribution in [0.4, 0.5) is 15.8 Å². The summed E-state index contributed by atoms with van der Waals surface area (Å²) < 4.78 is 15.0. The van der Waals surface area contributed by atoms with Crippen molar-refractivity contribution in [2.75, 3.05) is 17.2 Å². The highest BCUT2D eigenvalue weighted by atomic mass is 19.1. The second-order valence-corrected chi connectivity index (χ2v) is 13.5. The summed E-state index contributed by atoms with van der Waals surface area (Å²) in [5.41, 5.74) is 4.48. The third-order valence-electron chi connectivity index (χ3n) is 9.07. The predicted octanol–water partition coefficient (Wildman–Crippen LogP) is 8.41.